The summed E-state index contributed by atoms with van der Waals surface area (Å²) in [6.07, 6.45) is 3.99. The third kappa shape index (κ3) is 1.53. The highest BCUT2D eigenvalue weighted by molar-refractivity contribution is 6.01. The van der Waals surface area contributed by atoms with Gasteiger partial charge in [0.2, 0.25) is 0 Å². The zero-order valence-corrected chi connectivity index (χ0v) is 5.96. The maximum absolute atomic E-state index is 10.9. The van der Waals surface area contributed by atoms with E-state index >= 15 is 0 Å². The lowest BCUT2D eigenvalue weighted by atomic mass is 10.0. The lowest BCUT2D eigenvalue weighted by molar-refractivity contribution is -0.117. The Morgan fingerprint density at radius 3 is 2.80 bits per heavy atom. The number of carbonyl (C=O) groups excluding carboxylic acids is 2. The second-order valence-corrected chi connectivity index (χ2v) is 2.64. The number of rotatable bonds is 0. The van der Waals surface area contributed by atoms with E-state index < -0.39 is 0 Å². The third-order valence-electron chi connectivity index (χ3n) is 1.74. The van der Waals surface area contributed by atoms with Crippen molar-refractivity contribution < 1.29 is 9.59 Å². The Hall–Kier alpha value is -0.920. The molecule has 0 aliphatic heterocycles. The molecule has 10 heavy (non-hydrogen) atoms. The average molecular weight is 138 g/mol. The van der Waals surface area contributed by atoms with E-state index in [0.29, 0.717) is 12.8 Å². The van der Waals surface area contributed by atoms with Crippen LogP contribution < -0.4 is 0 Å². The smallest absolute Gasteiger partial charge is 0.158 e. The van der Waals surface area contributed by atoms with E-state index in [1.165, 1.54) is 12.2 Å². The first-order valence-electron chi connectivity index (χ1n) is 3.45. The molecule has 0 saturated heterocycles. The van der Waals surface area contributed by atoms with E-state index in [1.807, 2.05) is 6.92 Å². The molecule has 0 spiro atoms. The molecule has 0 saturated carbocycles. The van der Waals surface area contributed by atoms with E-state index in [-0.39, 0.29) is 17.5 Å². The van der Waals surface area contributed by atoms with Crippen molar-refractivity contribution in [3.8, 4) is 0 Å². The number of allylic oxidation sites excluding steroid dienone is 2. The van der Waals surface area contributed by atoms with Gasteiger partial charge in [0.25, 0.3) is 0 Å². The van der Waals surface area contributed by atoms with Gasteiger partial charge in [-0.3, -0.25) is 9.59 Å². The normalized spacial score (nSPS) is 26.7. The fraction of sp³-hybridized carbons (Fsp3) is 0.500. The van der Waals surface area contributed by atoms with Crippen molar-refractivity contribution in [2.24, 2.45) is 5.92 Å². The summed E-state index contributed by atoms with van der Waals surface area (Å²) in [5.74, 6) is 0.172. The fourth-order valence-electron chi connectivity index (χ4n) is 0.924. The molecule has 1 unspecified atom stereocenters. The second kappa shape index (κ2) is 2.78. The lowest BCUT2D eigenvalue weighted by Crippen LogP contribution is -2.05. The van der Waals surface area contributed by atoms with Crippen LogP contribution in [0.2, 0.25) is 0 Å². The van der Waals surface area contributed by atoms with Crippen molar-refractivity contribution in [2.45, 2.75) is 19.8 Å². The molecule has 2 heteroatoms. The molecule has 0 aromatic rings. The highest BCUT2D eigenvalue weighted by atomic mass is 16.1. The topological polar surface area (TPSA) is 34.1 Å². The van der Waals surface area contributed by atoms with Gasteiger partial charge >= 0.3 is 0 Å². The molecule has 0 radical (unpaired) electrons. The highest BCUT2D eigenvalue weighted by Crippen LogP contribution is 2.11. The van der Waals surface area contributed by atoms with Crippen molar-refractivity contribution in [2.75, 3.05) is 0 Å². The minimum absolute atomic E-state index is 0.0303. The summed E-state index contributed by atoms with van der Waals surface area (Å²) in [4.78, 5) is 21.7. The van der Waals surface area contributed by atoms with Crippen LogP contribution in [0.5, 0.6) is 0 Å². The van der Waals surface area contributed by atoms with Crippen LogP contribution in [0.3, 0.4) is 0 Å². The van der Waals surface area contributed by atoms with Gasteiger partial charge in [0.05, 0.1) is 0 Å². The second-order valence-electron chi connectivity index (χ2n) is 2.64. The van der Waals surface area contributed by atoms with E-state index in [0.717, 1.165) is 0 Å². The molecule has 54 valence electrons. The molecule has 1 rings (SSSR count). The number of hydrogen-bond donors (Lipinski definition) is 0. The Bertz CT molecular complexity index is 191. The first-order chi connectivity index (χ1) is 4.70. The van der Waals surface area contributed by atoms with Crippen molar-refractivity contribution >= 4 is 11.6 Å². The summed E-state index contributed by atoms with van der Waals surface area (Å²) in [7, 11) is 0. The van der Waals surface area contributed by atoms with Crippen LogP contribution in [0.1, 0.15) is 19.8 Å². The van der Waals surface area contributed by atoms with Crippen molar-refractivity contribution in [3.05, 3.63) is 12.2 Å². The molecular formula is C8H10O2. The van der Waals surface area contributed by atoms with Crippen LogP contribution >= 0.6 is 0 Å². The number of hydrogen-bond acceptors (Lipinski definition) is 2. The number of carbonyl (C=O) groups is 2. The van der Waals surface area contributed by atoms with Crippen LogP contribution in [-0.4, -0.2) is 11.6 Å². The minimum Gasteiger partial charge on any atom is -0.295 e. The van der Waals surface area contributed by atoms with Crippen molar-refractivity contribution in [1.29, 1.82) is 0 Å². The largest absolute Gasteiger partial charge is 0.295 e. The molecule has 0 aromatic carbocycles. The first-order valence-corrected chi connectivity index (χ1v) is 3.45. The molecule has 0 N–H and O–H groups in total. The van der Waals surface area contributed by atoms with E-state index in [1.54, 1.807) is 0 Å². The average Bonchev–Trinajstić information content (AvgIpc) is 2.04. The van der Waals surface area contributed by atoms with E-state index in [2.05, 4.69) is 0 Å². The van der Waals surface area contributed by atoms with Crippen LogP contribution in [0, 0.1) is 5.92 Å². The highest BCUT2D eigenvalue weighted by Gasteiger charge is 2.14. The molecule has 0 amide bonds. The summed E-state index contributed by atoms with van der Waals surface area (Å²) in [6.45, 7) is 1.85. The van der Waals surface area contributed by atoms with Crippen LogP contribution in [0.25, 0.3) is 0 Å². The molecule has 0 heterocycles. The van der Waals surface area contributed by atoms with Gasteiger partial charge in [-0.25, -0.2) is 0 Å². The quantitative estimate of drug-likeness (QED) is 0.502. The van der Waals surface area contributed by atoms with Crippen molar-refractivity contribution in [1.82, 2.24) is 0 Å². The summed E-state index contributed by atoms with van der Waals surface area (Å²) >= 11 is 0. The Balaban J connectivity index is 2.71. The molecule has 0 aromatic heterocycles. The summed E-state index contributed by atoms with van der Waals surface area (Å²) < 4.78 is 0. The van der Waals surface area contributed by atoms with Gasteiger partial charge in [0.1, 0.15) is 0 Å². The molecule has 0 bridgehead atoms. The predicted molar refractivity (Wildman–Crippen MR) is 37.6 cm³/mol. The Kier molecular flexibility index (Phi) is 2.00. The van der Waals surface area contributed by atoms with Gasteiger partial charge in [-0.1, -0.05) is 6.92 Å². The molecule has 1 aliphatic carbocycles. The Morgan fingerprint density at radius 1 is 1.40 bits per heavy atom. The Morgan fingerprint density at radius 2 is 2.10 bits per heavy atom. The number of ketones is 2. The Labute approximate surface area is 59.9 Å². The van der Waals surface area contributed by atoms with Gasteiger partial charge in [-0.2, -0.15) is 0 Å². The van der Waals surface area contributed by atoms with Gasteiger partial charge in [0.15, 0.2) is 11.6 Å². The van der Waals surface area contributed by atoms with Crippen LogP contribution in [0.15, 0.2) is 12.2 Å². The van der Waals surface area contributed by atoms with Gasteiger partial charge < -0.3 is 0 Å². The van der Waals surface area contributed by atoms with Gasteiger partial charge in [0, 0.05) is 12.3 Å². The van der Waals surface area contributed by atoms with Gasteiger partial charge in [-0.15, -0.1) is 0 Å². The van der Waals surface area contributed by atoms with E-state index in [4.69, 9.17) is 0 Å². The molecule has 1 aliphatic rings. The van der Waals surface area contributed by atoms with Crippen LogP contribution in [0.4, 0.5) is 0 Å². The third-order valence-corrected chi connectivity index (χ3v) is 1.74. The molecule has 1 atom stereocenters. The molecular weight excluding hydrogens is 128 g/mol. The first kappa shape index (κ1) is 7.19. The lowest BCUT2D eigenvalue weighted by Gasteiger charge is -2.00. The predicted octanol–water partition coefficient (Wildman–Crippen LogP) is 1.11. The maximum atomic E-state index is 10.9. The fourth-order valence-corrected chi connectivity index (χ4v) is 0.924. The summed E-state index contributed by atoms with van der Waals surface area (Å²) in [5, 5.41) is 0. The van der Waals surface area contributed by atoms with Gasteiger partial charge in [-0.05, 0) is 18.6 Å². The summed E-state index contributed by atoms with van der Waals surface area (Å²) in [6, 6.07) is 0. The molecule has 2 nitrogen and oxygen atoms in total. The zero-order chi connectivity index (χ0) is 7.56. The maximum Gasteiger partial charge on any atom is 0.158 e. The molecule has 0 fully saturated rings. The summed E-state index contributed by atoms with van der Waals surface area (Å²) in [5.41, 5.74) is 0. The van der Waals surface area contributed by atoms with E-state index in [9.17, 15) is 9.59 Å². The SMILES string of the molecule is CC1CCC(=O)C=CC1=O. The van der Waals surface area contributed by atoms with Crippen molar-refractivity contribution in [3.63, 3.8) is 0 Å². The van der Waals surface area contributed by atoms with Crippen LogP contribution in [-0.2, 0) is 9.59 Å². The minimum atomic E-state index is 0.0303. The monoisotopic (exact) mass is 138 g/mol. The standard InChI is InChI=1S/C8H10O2/c1-6-2-3-7(9)4-5-8(6)10/h4-6H,2-3H2,1H3. The zero-order valence-electron chi connectivity index (χ0n) is 5.96.